The Kier molecular flexibility index (Phi) is 7.36. The lowest BCUT2D eigenvalue weighted by Gasteiger charge is -2.20. The van der Waals surface area contributed by atoms with Crippen molar-refractivity contribution in [3.63, 3.8) is 0 Å². The first-order chi connectivity index (χ1) is 19.2. The van der Waals surface area contributed by atoms with Crippen LogP contribution in [0.3, 0.4) is 0 Å². The minimum Gasteiger partial charge on any atom is -0.465 e. The van der Waals surface area contributed by atoms with Crippen molar-refractivity contribution in [3.05, 3.63) is 125 Å². The number of ether oxygens (including phenoxy) is 1. The van der Waals surface area contributed by atoms with E-state index in [1.54, 1.807) is 43.4 Å². The van der Waals surface area contributed by atoms with Crippen molar-refractivity contribution in [1.29, 1.82) is 0 Å². The van der Waals surface area contributed by atoms with E-state index in [9.17, 15) is 13.2 Å². The summed E-state index contributed by atoms with van der Waals surface area (Å²) in [6.07, 6.45) is 0. The molecule has 0 aliphatic heterocycles. The molecular formula is C32H30N2O5S. The molecule has 0 saturated heterocycles. The van der Waals surface area contributed by atoms with Crippen LogP contribution in [0.5, 0.6) is 0 Å². The van der Waals surface area contributed by atoms with E-state index in [1.807, 2.05) is 68.4 Å². The molecule has 0 unspecified atom stereocenters. The van der Waals surface area contributed by atoms with Gasteiger partial charge in [-0.1, -0.05) is 60.2 Å². The van der Waals surface area contributed by atoms with Crippen molar-refractivity contribution in [2.75, 3.05) is 24.2 Å². The fourth-order valence-corrected chi connectivity index (χ4v) is 5.91. The fraction of sp³-hybridized carbons (Fsp3) is 0.156. The Bertz CT molecular complexity index is 1790. The van der Waals surface area contributed by atoms with Crippen molar-refractivity contribution < 1.29 is 22.4 Å². The SMILES string of the molecule is CNc1ccc([C@@H](c2ccccc2)c2oc3cc(C)ccc3c2NS(=O)(=O)c2ccc(C)cc2)cc1C(=O)OC. The number of nitrogens with one attached hydrogen (secondary N) is 2. The largest absolute Gasteiger partial charge is 0.465 e. The van der Waals surface area contributed by atoms with Crippen LogP contribution in [0.1, 0.15) is 44.3 Å². The summed E-state index contributed by atoms with van der Waals surface area (Å²) in [6, 6.07) is 27.4. The van der Waals surface area contributed by atoms with E-state index < -0.39 is 21.9 Å². The first-order valence-electron chi connectivity index (χ1n) is 12.8. The highest BCUT2D eigenvalue weighted by molar-refractivity contribution is 7.92. The zero-order valence-corrected chi connectivity index (χ0v) is 23.5. The second kappa shape index (κ2) is 10.9. The molecule has 1 atom stereocenters. The predicted molar refractivity (Wildman–Crippen MR) is 158 cm³/mol. The number of esters is 1. The van der Waals surface area contributed by atoms with Gasteiger partial charge in [0.25, 0.3) is 10.0 Å². The molecule has 0 bridgehead atoms. The molecule has 0 radical (unpaired) electrons. The Morgan fingerprint density at radius 2 is 1.55 bits per heavy atom. The van der Waals surface area contributed by atoms with Crippen LogP contribution in [-0.2, 0) is 14.8 Å². The minimum absolute atomic E-state index is 0.146. The molecule has 2 N–H and O–H groups in total. The van der Waals surface area contributed by atoms with Crippen molar-refractivity contribution >= 4 is 38.3 Å². The molecule has 0 spiro atoms. The zero-order valence-electron chi connectivity index (χ0n) is 22.7. The van der Waals surface area contributed by atoms with E-state index in [0.717, 1.165) is 22.3 Å². The number of sulfonamides is 1. The fourth-order valence-electron chi connectivity index (χ4n) is 4.82. The van der Waals surface area contributed by atoms with Crippen LogP contribution >= 0.6 is 0 Å². The number of furan rings is 1. The van der Waals surface area contributed by atoms with Gasteiger partial charge in [-0.25, -0.2) is 13.2 Å². The lowest BCUT2D eigenvalue weighted by atomic mass is 9.87. The number of hydrogen-bond donors (Lipinski definition) is 2. The summed E-state index contributed by atoms with van der Waals surface area (Å²) >= 11 is 0. The van der Waals surface area contributed by atoms with Gasteiger partial charge in [-0.2, -0.15) is 0 Å². The number of methoxy groups -OCH3 is 1. The van der Waals surface area contributed by atoms with Gasteiger partial charge in [0.05, 0.1) is 29.2 Å². The third-order valence-electron chi connectivity index (χ3n) is 6.89. The van der Waals surface area contributed by atoms with Gasteiger partial charge < -0.3 is 14.5 Å². The number of rotatable bonds is 8. The topological polar surface area (TPSA) is 97.6 Å². The van der Waals surface area contributed by atoms with Gasteiger partial charge >= 0.3 is 5.97 Å². The van der Waals surface area contributed by atoms with Crippen LogP contribution in [0.25, 0.3) is 11.0 Å². The average molecular weight is 555 g/mol. The summed E-state index contributed by atoms with van der Waals surface area (Å²) in [5, 5.41) is 3.67. The van der Waals surface area contributed by atoms with Crippen LogP contribution in [0.4, 0.5) is 11.4 Å². The second-order valence-corrected chi connectivity index (χ2v) is 11.3. The number of carbonyl (C=O) groups excluding carboxylic acids is 1. The molecule has 0 aliphatic carbocycles. The third kappa shape index (κ3) is 5.18. The number of benzene rings is 4. The van der Waals surface area contributed by atoms with E-state index in [1.165, 1.54) is 7.11 Å². The first kappa shape index (κ1) is 27.0. The third-order valence-corrected chi connectivity index (χ3v) is 8.25. The van der Waals surface area contributed by atoms with Gasteiger partial charge in [0.2, 0.25) is 0 Å². The van der Waals surface area contributed by atoms with E-state index in [2.05, 4.69) is 10.0 Å². The quantitative estimate of drug-likeness (QED) is 0.203. The predicted octanol–water partition coefficient (Wildman–Crippen LogP) is 6.86. The van der Waals surface area contributed by atoms with E-state index in [4.69, 9.17) is 9.15 Å². The number of aryl methyl sites for hydroxylation is 2. The average Bonchev–Trinajstić information content (AvgIpc) is 3.29. The smallest absolute Gasteiger partial charge is 0.339 e. The van der Waals surface area contributed by atoms with Crippen LogP contribution in [-0.4, -0.2) is 28.5 Å². The zero-order chi connectivity index (χ0) is 28.4. The molecule has 0 saturated carbocycles. The molecule has 8 heteroatoms. The Balaban J connectivity index is 1.76. The van der Waals surface area contributed by atoms with Gasteiger partial charge in [0, 0.05) is 18.1 Å². The number of anilines is 2. The van der Waals surface area contributed by atoms with Gasteiger partial charge in [-0.3, -0.25) is 4.72 Å². The minimum atomic E-state index is -3.95. The van der Waals surface area contributed by atoms with Crippen molar-refractivity contribution in [3.8, 4) is 0 Å². The molecule has 0 fully saturated rings. The highest BCUT2D eigenvalue weighted by atomic mass is 32.2. The normalized spacial score (nSPS) is 12.2. The Morgan fingerprint density at radius 1 is 0.850 bits per heavy atom. The molecule has 7 nitrogen and oxygen atoms in total. The van der Waals surface area contributed by atoms with Crippen LogP contribution in [0.2, 0.25) is 0 Å². The summed E-state index contributed by atoms with van der Waals surface area (Å²) in [6.45, 7) is 3.85. The molecular weight excluding hydrogens is 524 g/mol. The molecule has 5 rings (SSSR count). The molecule has 4 aromatic carbocycles. The standard InChI is InChI=1S/C32H30N2O5S/c1-20-10-14-24(15-11-20)40(36,37)34-30-25-16-12-21(2)18-28(25)39-31(30)29(22-8-6-5-7-9-22)23-13-17-27(33-3)26(19-23)32(35)38-4/h5-19,29,33-34H,1-4H3/t29-/m1/s1. The molecule has 204 valence electrons. The maximum atomic E-state index is 13.6. The Hall–Kier alpha value is -4.56. The summed E-state index contributed by atoms with van der Waals surface area (Å²) in [5.74, 6) is -0.618. The molecule has 5 aromatic rings. The van der Waals surface area contributed by atoms with E-state index in [-0.39, 0.29) is 4.90 Å². The molecule has 1 heterocycles. The number of fused-ring (bicyclic) bond motifs is 1. The van der Waals surface area contributed by atoms with Gasteiger partial charge in [0.15, 0.2) is 0 Å². The van der Waals surface area contributed by atoms with Gasteiger partial charge in [0.1, 0.15) is 11.3 Å². The van der Waals surface area contributed by atoms with Crippen LogP contribution in [0.15, 0.2) is 100 Å². The number of hydrogen-bond acceptors (Lipinski definition) is 6. The highest BCUT2D eigenvalue weighted by Crippen LogP contribution is 2.43. The first-order valence-corrected chi connectivity index (χ1v) is 14.3. The summed E-state index contributed by atoms with van der Waals surface area (Å²) in [7, 11) is -0.885. The maximum Gasteiger partial charge on any atom is 0.339 e. The lowest BCUT2D eigenvalue weighted by molar-refractivity contribution is 0.0601. The van der Waals surface area contributed by atoms with E-state index >= 15 is 0 Å². The van der Waals surface area contributed by atoms with Crippen molar-refractivity contribution in [1.82, 2.24) is 0 Å². The summed E-state index contributed by atoms with van der Waals surface area (Å²) in [5.41, 5.74) is 5.40. The summed E-state index contributed by atoms with van der Waals surface area (Å²) < 4.78 is 41.6. The van der Waals surface area contributed by atoms with Crippen LogP contribution < -0.4 is 10.0 Å². The Morgan fingerprint density at radius 3 is 2.23 bits per heavy atom. The van der Waals surface area contributed by atoms with Crippen molar-refractivity contribution in [2.24, 2.45) is 0 Å². The van der Waals surface area contributed by atoms with Gasteiger partial charge in [-0.05, 0) is 66.9 Å². The Labute approximate surface area is 233 Å². The molecule has 0 amide bonds. The van der Waals surface area contributed by atoms with E-state index in [0.29, 0.717) is 33.7 Å². The highest BCUT2D eigenvalue weighted by Gasteiger charge is 2.30. The van der Waals surface area contributed by atoms with Gasteiger partial charge in [-0.15, -0.1) is 0 Å². The number of carbonyl (C=O) groups is 1. The molecule has 0 aliphatic rings. The molecule has 1 aromatic heterocycles. The summed E-state index contributed by atoms with van der Waals surface area (Å²) in [4.78, 5) is 12.8. The van der Waals surface area contributed by atoms with Crippen molar-refractivity contribution in [2.45, 2.75) is 24.7 Å². The van der Waals surface area contributed by atoms with Crippen LogP contribution in [0, 0.1) is 13.8 Å². The monoisotopic (exact) mass is 554 g/mol. The lowest BCUT2D eigenvalue weighted by Crippen LogP contribution is -2.15. The second-order valence-electron chi connectivity index (χ2n) is 9.65. The molecule has 40 heavy (non-hydrogen) atoms. The maximum absolute atomic E-state index is 13.6.